The Balaban J connectivity index is 1.48. The zero-order valence-electron chi connectivity index (χ0n) is 19.3. The van der Waals surface area contributed by atoms with Crippen molar-refractivity contribution in [1.82, 2.24) is 15.0 Å². The van der Waals surface area contributed by atoms with E-state index in [0.29, 0.717) is 31.0 Å². The Labute approximate surface area is 190 Å². The molecular formula is C22H35N3O6S. The number of aryl methyl sites for hydroxylation is 1. The second-order valence-corrected chi connectivity index (χ2v) is 12.2. The third-order valence-corrected chi connectivity index (χ3v) is 7.88. The fraction of sp³-hybridized carbons (Fsp3) is 0.818. The van der Waals surface area contributed by atoms with E-state index in [1.165, 1.54) is 0 Å². The van der Waals surface area contributed by atoms with Crippen molar-refractivity contribution in [3.8, 4) is 0 Å². The number of nitrogens with zero attached hydrogens (tertiary/aromatic N) is 3. The summed E-state index contributed by atoms with van der Waals surface area (Å²) in [5, 5.41) is 3.96. The maximum absolute atomic E-state index is 13.0. The van der Waals surface area contributed by atoms with Crippen LogP contribution in [-0.4, -0.2) is 65.5 Å². The minimum Gasteiger partial charge on any atom is -0.456 e. The summed E-state index contributed by atoms with van der Waals surface area (Å²) in [6.07, 6.45) is 6.47. The van der Waals surface area contributed by atoms with Crippen molar-refractivity contribution in [3.05, 3.63) is 11.7 Å². The molecule has 10 heteroatoms. The first-order valence-electron chi connectivity index (χ1n) is 11.6. The predicted molar refractivity (Wildman–Crippen MR) is 118 cm³/mol. The number of esters is 1. The van der Waals surface area contributed by atoms with Gasteiger partial charge in [-0.2, -0.15) is 4.98 Å². The molecule has 0 radical (unpaired) electrons. The molecule has 2 heterocycles. The van der Waals surface area contributed by atoms with Gasteiger partial charge in [-0.1, -0.05) is 45.2 Å². The van der Waals surface area contributed by atoms with Crippen LogP contribution in [0.5, 0.6) is 0 Å². The van der Waals surface area contributed by atoms with Gasteiger partial charge in [0.05, 0.1) is 11.5 Å². The summed E-state index contributed by atoms with van der Waals surface area (Å²) in [5.74, 6) is 0.461. The summed E-state index contributed by atoms with van der Waals surface area (Å²) < 4.78 is 34.4. The van der Waals surface area contributed by atoms with Crippen molar-refractivity contribution in [3.63, 3.8) is 0 Å². The van der Waals surface area contributed by atoms with Gasteiger partial charge in [-0.05, 0) is 25.7 Å². The highest BCUT2D eigenvalue weighted by Gasteiger charge is 2.38. The molecule has 1 amide bonds. The van der Waals surface area contributed by atoms with Crippen molar-refractivity contribution in [2.24, 2.45) is 0 Å². The maximum atomic E-state index is 13.0. The summed E-state index contributed by atoms with van der Waals surface area (Å²) >= 11 is 0. The van der Waals surface area contributed by atoms with E-state index in [-0.39, 0.29) is 47.9 Å². The molecule has 180 valence electrons. The van der Waals surface area contributed by atoms with Crippen LogP contribution in [0, 0.1) is 0 Å². The molecule has 2 fully saturated rings. The van der Waals surface area contributed by atoms with Crippen LogP contribution >= 0.6 is 0 Å². The average Bonchev–Trinajstić information content (AvgIpc) is 3.34. The van der Waals surface area contributed by atoms with Crippen LogP contribution in [-0.2, 0) is 36.0 Å². The van der Waals surface area contributed by atoms with Gasteiger partial charge in [0.2, 0.25) is 5.89 Å². The number of amides is 1. The van der Waals surface area contributed by atoms with E-state index in [2.05, 4.69) is 10.1 Å². The van der Waals surface area contributed by atoms with Gasteiger partial charge in [0.25, 0.3) is 5.91 Å². The number of aromatic nitrogens is 2. The summed E-state index contributed by atoms with van der Waals surface area (Å²) in [5.41, 5.74) is -0.204. The SMILES string of the molecule is CC(C)(C)c1noc(CCCC(=O)OCC(=O)N(C2CCCCC2)C2CCS(=O)(=O)C2)n1. The molecule has 0 N–H and O–H groups in total. The molecule has 1 aliphatic heterocycles. The van der Waals surface area contributed by atoms with E-state index in [1.54, 1.807) is 4.90 Å². The Morgan fingerprint density at radius 2 is 1.84 bits per heavy atom. The van der Waals surface area contributed by atoms with Crippen molar-refractivity contribution < 1.29 is 27.3 Å². The quantitative estimate of drug-likeness (QED) is 0.533. The lowest BCUT2D eigenvalue weighted by molar-refractivity contribution is -0.154. The molecular weight excluding hydrogens is 434 g/mol. The first-order valence-corrected chi connectivity index (χ1v) is 13.4. The average molecular weight is 470 g/mol. The number of hydrogen-bond acceptors (Lipinski definition) is 8. The van der Waals surface area contributed by atoms with E-state index in [1.807, 2.05) is 20.8 Å². The topological polar surface area (TPSA) is 120 Å². The zero-order chi connectivity index (χ0) is 23.4. The zero-order valence-corrected chi connectivity index (χ0v) is 20.2. The molecule has 3 rings (SSSR count). The fourth-order valence-corrected chi connectivity index (χ4v) is 6.10. The number of carbonyl (C=O) groups excluding carboxylic acids is 2. The third kappa shape index (κ3) is 6.76. The maximum Gasteiger partial charge on any atom is 0.306 e. The first kappa shape index (κ1) is 24.7. The molecule has 32 heavy (non-hydrogen) atoms. The molecule has 1 atom stereocenters. The molecule has 1 aromatic rings. The molecule has 2 aliphatic rings. The van der Waals surface area contributed by atoms with Gasteiger partial charge in [-0.25, -0.2) is 8.42 Å². The highest BCUT2D eigenvalue weighted by atomic mass is 32.2. The normalized spacial score (nSPS) is 21.4. The molecule has 1 saturated heterocycles. The summed E-state index contributed by atoms with van der Waals surface area (Å²) in [7, 11) is -3.11. The smallest absolute Gasteiger partial charge is 0.306 e. The lowest BCUT2D eigenvalue weighted by Gasteiger charge is -2.38. The monoisotopic (exact) mass is 469 g/mol. The van der Waals surface area contributed by atoms with Crippen molar-refractivity contribution in [2.45, 2.75) is 96.1 Å². The third-order valence-electron chi connectivity index (χ3n) is 6.12. The molecule has 1 unspecified atom stereocenters. The van der Waals surface area contributed by atoms with Gasteiger partial charge in [0.15, 0.2) is 22.3 Å². The Hall–Kier alpha value is -1.97. The number of carbonyl (C=O) groups is 2. The van der Waals surface area contributed by atoms with Crippen molar-refractivity contribution >= 4 is 21.7 Å². The Bertz CT molecular complexity index is 899. The summed E-state index contributed by atoms with van der Waals surface area (Å²) in [6.45, 7) is 5.63. The lowest BCUT2D eigenvalue weighted by Crippen LogP contribution is -2.50. The number of ether oxygens (including phenoxy) is 1. The van der Waals surface area contributed by atoms with Gasteiger partial charge in [0, 0.05) is 30.3 Å². The van der Waals surface area contributed by atoms with Crippen LogP contribution < -0.4 is 0 Å². The molecule has 0 aromatic carbocycles. The minimum absolute atomic E-state index is 0.00389. The van der Waals surface area contributed by atoms with E-state index in [0.717, 1.165) is 32.1 Å². The van der Waals surface area contributed by atoms with Crippen LogP contribution in [0.1, 0.15) is 83.9 Å². The molecule has 1 saturated carbocycles. The molecule has 0 bridgehead atoms. The molecule has 1 aliphatic carbocycles. The number of sulfone groups is 1. The Kier molecular flexibility index (Phi) is 7.95. The van der Waals surface area contributed by atoms with E-state index < -0.39 is 15.8 Å². The van der Waals surface area contributed by atoms with E-state index >= 15 is 0 Å². The van der Waals surface area contributed by atoms with E-state index in [9.17, 15) is 18.0 Å². The van der Waals surface area contributed by atoms with Crippen LogP contribution in [0.25, 0.3) is 0 Å². The van der Waals surface area contributed by atoms with Crippen LogP contribution in [0.15, 0.2) is 4.52 Å². The lowest BCUT2D eigenvalue weighted by atomic mass is 9.93. The van der Waals surface area contributed by atoms with E-state index in [4.69, 9.17) is 9.26 Å². The van der Waals surface area contributed by atoms with Gasteiger partial charge in [-0.15, -0.1) is 0 Å². The standard InChI is InChI=1S/C22H35N3O6S/c1-22(2,3)21-23-18(31-24-21)10-7-11-20(27)30-14-19(26)25(16-8-5-4-6-9-16)17-12-13-32(28,29)15-17/h16-17H,4-15H2,1-3H3. The Morgan fingerprint density at radius 3 is 2.44 bits per heavy atom. The molecule has 9 nitrogen and oxygen atoms in total. The fourth-order valence-electron chi connectivity index (χ4n) is 4.39. The van der Waals surface area contributed by atoms with Crippen LogP contribution in [0.2, 0.25) is 0 Å². The predicted octanol–water partition coefficient (Wildman–Crippen LogP) is 2.58. The first-order chi connectivity index (χ1) is 15.0. The van der Waals surface area contributed by atoms with Gasteiger partial charge in [0.1, 0.15) is 0 Å². The van der Waals surface area contributed by atoms with Gasteiger partial charge >= 0.3 is 5.97 Å². The number of rotatable bonds is 8. The van der Waals surface area contributed by atoms with Crippen LogP contribution in [0.4, 0.5) is 0 Å². The summed E-state index contributed by atoms with van der Waals surface area (Å²) in [6, 6.07) is -0.286. The van der Waals surface area contributed by atoms with Crippen molar-refractivity contribution in [1.29, 1.82) is 0 Å². The summed E-state index contributed by atoms with van der Waals surface area (Å²) in [4.78, 5) is 31.2. The van der Waals surface area contributed by atoms with Crippen molar-refractivity contribution in [2.75, 3.05) is 18.1 Å². The largest absolute Gasteiger partial charge is 0.456 e. The second kappa shape index (κ2) is 10.3. The van der Waals surface area contributed by atoms with Gasteiger partial charge < -0.3 is 14.2 Å². The molecule has 1 aromatic heterocycles. The highest BCUT2D eigenvalue weighted by Crippen LogP contribution is 2.28. The Morgan fingerprint density at radius 1 is 1.12 bits per heavy atom. The van der Waals surface area contributed by atoms with Gasteiger partial charge in [-0.3, -0.25) is 9.59 Å². The highest BCUT2D eigenvalue weighted by molar-refractivity contribution is 7.91. The second-order valence-electron chi connectivity index (χ2n) is 9.93. The minimum atomic E-state index is -3.11. The number of hydrogen-bond donors (Lipinski definition) is 0. The molecule has 0 spiro atoms. The van der Waals surface area contributed by atoms with Crippen LogP contribution in [0.3, 0.4) is 0 Å².